The first kappa shape index (κ1) is 13.9. The molecule has 0 bridgehead atoms. The van der Waals surface area contributed by atoms with Gasteiger partial charge in [0.2, 0.25) is 0 Å². The highest BCUT2D eigenvalue weighted by atomic mass is 32.2. The molecule has 4 nitrogen and oxygen atoms in total. The van der Waals surface area contributed by atoms with Crippen molar-refractivity contribution in [2.75, 3.05) is 18.1 Å². The van der Waals surface area contributed by atoms with Crippen molar-refractivity contribution >= 4 is 26.9 Å². The highest BCUT2D eigenvalue weighted by Gasteiger charge is 2.14. The molecule has 1 aromatic carbocycles. The lowest BCUT2D eigenvalue weighted by Gasteiger charge is -2.08. The second kappa shape index (κ2) is 6.08. The molecule has 0 spiro atoms. The Kier molecular flexibility index (Phi) is 4.44. The number of hydrogen-bond donors (Lipinski definition) is 1. The highest BCUT2D eigenvalue weighted by molar-refractivity contribution is 7.93. The van der Waals surface area contributed by atoms with Crippen molar-refractivity contribution in [3.8, 4) is 5.75 Å². The van der Waals surface area contributed by atoms with E-state index in [-0.39, 0.29) is 5.75 Å². The van der Waals surface area contributed by atoms with Crippen LogP contribution in [0.25, 0.3) is 0 Å². The van der Waals surface area contributed by atoms with Crippen molar-refractivity contribution in [1.29, 1.82) is 0 Å². The molecule has 0 fully saturated rings. The zero-order valence-corrected chi connectivity index (χ0v) is 11.9. The Bertz CT molecular complexity index is 621. The second-order valence-electron chi connectivity index (χ2n) is 3.99. The fraction of sp³-hybridized carbons (Fsp3) is 0.231. The van der Waals surface area contributed by atoms with Crippen molar-refractivity contribution in [2.24, 2.45) is 0 Å². The molecular weight excluding hydrogens is 282 g/mol. The number of para-hydroxylation sites is 2. The maximum atomic E-state index is 11.9. The highest BCUT2D eigenvalue weighted by Crippen LogP contribution is 2.21. The number of anilines is 1. The fourth-order valence-electron chi connectivity index (χ4n) is 1.58. The van der Waals surface area contributed by atoms with E-state index in [1.165, 1.54) is 11.3 Å². The summed E-state index contributed by atoms with van der Waals surface area (Å²) >= 11 is 1.24. The molecule has 0 atom stereocenters. The normalized spacial score (nSPS) is 11.4. The van der Waals surface area contributed by atoms with Gasteiger partial charge < -0.3 is 10.5 Å². The van der Waals surface area contributed by atoms with Gasteiger partial charge in [-0.15, -0.1) is 11.3 Å². The van der Waals surface area contributed by atoms with Crippen LogP contribution in [-0.4, -0.2) is 20.8 Å². The van der Waals surface area contributed by atoms with E-state index >= 15 is 0 Å². The zero-order chi connectivity index (χ0) is 13.7. The van der Waals surface area contributed by atoms with E-state index in [4.69, 9.17) is 10.5 Å². The van der Waals surface area contributed by atoms with E-state index in [0.29, 0.717) is 28.7 Å². The second-order valence-corrected chi connectivity index (χ2v) is 7.27. The lowest BCUT2D eigenvalue weighted by Crippen LogP contribution is -2.09. The predicted molar refractivity (Wildman–Crippen MR) is 77.3 cm³/mol. The van der Waals surface area contributed by atoms with Crippen molar-refractivity contribution in [2.45, 2.75) is 10.6 Å². The molecule has 19 heavy (non-hydrogen) atoms. The molecule has 1 aromatic heterocycles. The summed E-state index contributed by atoms with van der Waals surface area (Å²) in [6, 6.07) is 10.5. The summed E-state index contributed by atoms with van der Waals surface area (Å²) in [4.78, 5) is 0. The number of hydrogen-bond acceptors (Lipinski definition) is 5. The van der Waals surface area contributed by atoms with Crippen molar-refractivity contribution < 1.29 is 13.2 Å². The fourth-order valence-corrected chi connectivity index (χ4v) is 4.02. The topological polar surface area (TPSA) is 69.4 Å². The summed E-state index contributed by atoms with van der Waals surface area (Å²) in [6.07, 6.45) is 0.439. The Hall–Kier alpha value is -1.53. The third kappa shape index (κ3) is 3.71. The molecule has 0 saturated heterocycles. The van der Waals surface area contributed by atoms with Crippen molar-refractivity contribution in [3.05, 3.63) is 41.8 Å². The van der Waals surface area contributed by atoms with Gasteiger partial charge in [-0.2, -0.15) is 0 Å². The van der Waals surface area contributed by atoms with E-state index in [9.17, 15) is 8.42 Å². The van der Waals surface area contributed by atoms with Crippen LogP contribution in [0.5, 0.6) is 5.75 Å². The number of nitrogen functional groups attached to an aromatic ring is 1. The number of nitrogens with two attached hydrogens (primary N) is 1. The van der Waals surface area contributed by atoms with Crippen molar-refractivity contribution in [1.82, 2.24) is 0 Å². The molecule has 2 N–H and O–H groups in total. The third-order valence-electron chi connectivity index (χ3n) is 2.54. The van der Waals surface area contributed by atoms with Crippen molar-refractivity contribution in [3.63, 3.8) is 0 Å². The SMILES string of the molecule is Nc1ccccc1OCCCS(=O)(=O)c1cccs1. The minimum absolute atomic E-state index is 0.0836. The molecule has 0 saturated carbocycles. The zero-order valence-electron chi connectivity index (χ0n) is 10.3. The average molecular weight is 297 g/mol. The van der Waals surface area contributed by atoms with Gasteiger partial charge in [-0.3, -0.25) is 0 Å². The first-order valence-corrected chi connectivity index (χ1v) is 8.36. The Morgan fingerprint density at radius 3 is 2.63 bits per heavy atom. The number of thiophene rings is 1. The molecule has 102 valence electrons. The molecule has 0 aliphatic heterocycles. The smallest absolute Gasteiger partial charge is 0.187 e. The number of benzene rings is 1. The number of rotatable bonds is 6. The Balaban J connectivity index is 1.83. The first-order valence-electron chi connectivity index (χ1n) is 5.83. The molecule has 0 aliphatic carbocycles. The molecule has 1 heterocycles. The summed E-state index contributed by atoms with van der Waals surface area (Å²) in [5, 5.41) is 1.76. The molecular formula is C13H15NO3S2. The van der Waals surface area contributed by atoms with E-state index < -0.39 is 9.84 Å². The van der Waals surface area contributed by atoms with E-state index in [2.05, 4.69) is 0 Å². The largest absolute Gasteiger partial charge is 0.491 e. The van der Waals surface area contributed by atoms with Crippen LogP contribution in [-0.2, 0) is 9.84 Å². The first-order chi connectivity index (χ1) is 9.09. The maximum Gasteiger partial charge on any atom is 0.187 e. The molecule has 0 radical (unpaired) electrons. The van der Waals surface area contributed by atoms with Crippen LogP contribution in [0.2, 0.25) is 0 Å². The van der Waals surface area contributed by atoms with Gasteiger partial charge in [0.15, 0.2) is 9.84 Å². The number of ether oxygens (including phenoxy) is 1. The molecule has 2 aromatic rings. The monoisotopic (exact) mass is 297 g/mol. The van der Waals surface area contributed by atoms with Gasteiger partial charge in [0, 0.05) is 0 Å². The van der Waals surface area contributed by atoms with Crippen LogP contribution in [0, 0.1) is 0 Å². The van der Waals surface area contributed by atoms with Gasteiger partial charge in [-0.1, -0.05) is 18.2 Å². The Morgan fingerprint density at radius 1 is 1.16 bits per heavy atom. The standard InChI is InChI=1S/C13H15NO3S2/c14-11-5-1-2-6-12(11)17-8-4-10-19(15,16)13-7-3-9-18-13/h1-3,5-7,9H,4,8,10,14H2. The lowest BCUT2D eigenvalue weighted by molar-refractivity contribution is 0.319. The van der Waals surface area contributed by atoms with Crippen LogP contribution in [0.1, 0.15) is 6.42 Å². The summed E-state index contributed by atoms with van der Waals surface area (Å²) in [7, 11) is -3.17. The molecule has 0 amide bonds. The van der Waals surface area contributed by atoms with E-state index in [0.717, 1.165) is 0 Å². The lowest BCUT2D eigenvalue weighted by atomic mass is 10.3. The van der Waals surface area contributed by atoms with Gasteiger partial charge in [0.25, 0.3) is 0 Å². The van der Waals surface area contributed by atoms with Crippen LogP contribution in [0.4, 0.5) is 5.69 Å². The number of sulfone groups is 1. The molecule has 0 unspecified atom stereocenters. The van der Waals surface area contributed by atoms with Gasteiger partial charge in [-0.25, -0.2) is 8.42 Å². The van der Waals surface area contributed by atoms with Crippen LogP contribution >= 0.6 is 11.3 Å². The van der Waals surface area contributed by atoms with E-state index in [1.54, 1.807) is 29.6 Å². The van der Waals surface area contributed by atoms with Gasteiger partial charge in [0.1, 0.15) is 9.96 Å². The quantitative estimate of drug-likeness (QED) is 0.657. The Labute approximate surface area is 116 Å². The van der Waals surface area contributed by atoms with Gasteiger partial charge in [0.05, 0.1) is 18.0 Å². The van der Waals surface area contributed by atoms with Gasteiger partial charge in [-0.05, 0) is 30.0 Å². The summed E-state index contributed by atoms with van der Waals surface area (Å²) in [5.41, 5.74) is 6.28. The van der Waals surface area contributed by atoms with Crippen LogP contribution < -0.4 is 10.5 Å². The summed E-state index contributed by atoms with van der Waals surface area (Å²) in [6.45, 7) is 0.332. The van der Waals surface area contributed by atoms with Gasteiger partial charge >= 0.3 is 0 Å². The molecule has 2 rings (SSSR count). The minimum atomic E-state index is -3.17. The van der Waals surface area contributed by atoms with E-state index in [1.807, 2.05) is 12.1 Å². The van der Waals surface area contributed by atoms with Crippen LogP contribution in [0.15, 0.2) is 46.0 Å². The third-order valence-corrected chi connectivity index (χ3v) is 5.82. The average Bonchev–Trinajstić information content (AvgIpc) is 2.91. The molecule has 6 heteroatoms. The summed E-state index contributed by atoms with van der Waals surface area (Å²) < 4.78 is 29.7. The maximum absolute atomic E-state index is 11.9. The van der Waals surface area contributed by atoms with Crippen LogP contribution in [0.3, 0.4) is 0 Å². The minimum Gasteiger partial charge on any atom is -0.491 e. The summed E-state index contributed by atoms with van der Waals surface area (Å²) in [5.74, 6) is 0.677. The Morgan fingerprint density at radius 2 is 1.95 bits per heavy atom. The predicted octanol–water partition coefficient (Wildman–Crippen LogP) is 2.57. The molecule has 0 aliphatic rings.